The van der Waals surface area contributed by atoms with Crippen LogP contribution in [-0.4, -0.2) is 42.3 Å². The van der Waals surface area contributed by atoms with Gasteiger partial charge in [-0.15, -0.1) is 10.2 Å². The fraction of sp³-hybridized carbons (Fsp3) is 0.0870. The van der Waals surface area contributed by atoms with E-state index in [0.717, 1.165) is 49.4 Å². The Kier molecular flexibility index (Phi) is 4.47. The molecule has 33 heavy (non-hydrogen) atoms. The predicted molar refractivity (Wildman–Crippen MR) is 128 cm³/mol. The normalized spacial score (nSPS) is 11.5. The molecule has 0 saturated carbocycles. The van der Waals surface area contributed by atoms with Crippen LogP contribution in [0.2, 0.25) is 0 Å². The van der Waals surface area contributed by atoms with Crippen LogP contribution in [0.3, 0.4) is 0 Å². The number of furan rings is 1. The Morgan fingerprint density at radius 1 is 1.06 bits per heavy atom. The summed E-state index contributed by atoms with van der Waals surface area (Å²) in [5.74, 6) is 2.14. The summed E-state index contributed by atoms with van der Waals surface area (Å²) in [4.78, 5) is 6.62. The predicted octanol–water partition coefficient (Wildman–Crippen LogP) is 5.16. The zero-order valence-corrected chi connectivity index (χ0v) is 19.3. The van der Waals surface area contributed by atoms with E-state index < -0.39 is 0 Å². The molecule has 0 saturated heterocycles. The average molecular weight is 501 g/mol. The van der Waals surface area contributed by atoms with Gasteiger partial charge in [-0.25, -0.2) is 4.98 Å². The van der Waals surface area contributed by atoms with E-state index in [1.165, 1.54) is 0 Å². The van der Waals surface area contributed by atoms with Gasteiger partial charge < -0.3 is 9.32 Å². The van der Waals surface area contributed by atoms with Crippen LogP contribution in [0.4, 0.5) is 11.5 Å². The number of hydrogen-bond acceptors (Lipinski definition) is 7. The molecule has 6 rings (SSSR count). The first kappa shape index (κ1) is 19.6. The standard InChI is InChI=1S/C23H17BrN8O/c1-13-11-20(32-19(26-13)9-10-25-32)31(2)14-7-8-18-17(12-14)21(24)22(33-18)15-5-3-4-6-16(15)23-27-29-30-28-23/h3-12H,1-2H3,(H,27,28,29,30). The quantitative estimate of drug-likeness (QED) is 0.356. The number of aromatic nitrogens is 7. The maximum Gasteiger partial charge on any atom is 0.205 e. The zero-order chi connectivity index (χ0) is 22.5. The number of rotatable bonds is 4. The van der Waals surface area contributed by atoms with Gasteiger partial charge in [0.25, 0.3) is 0 Å². The number of anilines is 2. The molecule has 9 nitrogen and oxygen atoms in total. The van der Waals surface area contributed by atoms with Gasteiger partial charge in [0, 0.05) is 47.1 Å². The molecule has 0 aliphatic rings. The van der Waals surface area contributed by atoms with Crippen LogP contribution in [0.15, 0.2) is 69.7 Å². The highest BCUT2D eigenvalue weighted by Crippen LogP contribution is 2.42. The number of benzene rings is 2. The van der Waals surface area contributed by atoms with Gasteiger partial charge in [0.05, 0.1) is 10.7 Å². The first-order chi connectivity index (χ1) is 16.1. The van der Waals surface area contributed by atoms with Crippen molar-refractivity contribution in [2.24, 2.45) is 0 Å². The SMILES string of the molecule is Cc1cc(N(C)c2ccc3oc(-c4ccccc4-c4nn[nH]n4)c(Br)c3c2)n2nccc2n1. The maximum atomic E-state index is 6.26. The van der Waals surface area contributed by atoms with E-state index in [1.807, 2.05) is 67.0 Å². The van der Waals surface area contributed by atoms with E-state index in [1.54, 1.807) is 6.20 Å². The summed E-state index contributed by atoms with van der Waals surface area (Å²) < 4.78 is 8.95. The smallest absolute Gasteiger partial charge is 0.205 e. The number of fused-ring (bicyclic) bond motifs is 2. The molecule has 1 N–H and O–H groups in total. The van der Waals surface area contributed by atoms with Crippen LogP contribution in [-0.2, 0) is 0 Å². The maximum absolute atomic E-state index is 6.26. The third-order valence-corrected chi connectivity index (χ3v) is 6.36. The number of hydrogen-bond donors (Lipinski definition) is 1. The fourth-order valence-electron chi connectivity index (χ4n) is 3.98. The van der Waals surface area contributed by atoms with Crippen LogP contribution < -0.4 is 4.90 Å². The number of aryl methyl sites for hydroxylation is 1. The summed E-state index contributed by atoms with van der Waals surface area (Å²) in [6.07, 6.45) is 1.75. The van der Waals surface area contributed by atoms with Crippen molar-refractivity contribution >= 4 is 44.1 Å². The Bertz CT molecular complexity index is 1620. The van der Waals surface area contributed by atoms with Crippen molar-refractivity contribution < 1.29 is 4.42 Å². The monoisotopic (exact) mass is 500 g/mol. The molecule has 6 aromatic rings. The minimum absolute atomic E-state index is 0.509. The minimum atomic E-state index is 0.509. The number of aromatic amines is 1. The van der Waals surface area contributed by atoms with E-state index in [2.05, 4.69) is 57.6 Å². The van der Waals surface area contributed by atoms with E-state index in [0.29, 0.717) is 11.6 Å². The van der Waals surface area contributed by atoms with Gasteiger partial charge in [0.1, 0.15) is 17.2 Å². The lowest BCUT2D eigenvalue weighted by atomic mass is 10.0. The lowest BCUT2D eigenvalue weighted by Crippen LogP contribution is -2.14. The van der Waals surface area contributed by atoms with Crippen LogP contribution in [0.5, 0.6) is 0 Å². The highest BCUT2D eigenvalue weighted by Gasteiger charge is 2.20. The highest BCUT2D eigenvalue weighted by atomic mass is 79.9. The van der Waals surface area contributed by atoms with Crippen LogP contribution in [0.1, 0.15) is 5.69 Å². The van der Waals surface area contributed by atoms with Crippen LogP contribution in [0.25, 0.3) is 39.3 Å². The average Bonchev–Trinajstić information content (AvgIpc) is 3.58. The number of nitrogens with zero attached hydrogens (tertiary/aromatic N) is 7. The number of tetrazole rings is 1. The van der Waals surface area contributed by atoms with E-state index in [-0.39, 0.29) is 0 Å². The number of halogens is 1. The molecule has 0 aliphatic carbocycles. The highest BCUT2D eigenvalue weighted by molar-refractivity contribution is 9.10. The summed E-state index contributed by atoms with van der Waals surface area (Å²) in [7, 11) is 2.01. The molecule has 0 unspecified atom stereocenters. The van der Waals surface area contributed by atoms with Crippen LogP contribution in [0, 0.1) is 6.92 Å². The summed E-state index contributed by atoms with van der Waals surface area (Å²) in [5, 5.41) is 19.8. The van der Waals surface area contributed by atoms with Crippen molar-refractivity contribution in [1.82, 2.24) is 35.2 Å². The lowest BCUT2D eigenvalue weighted by Gasteiger charge is -2.20. The number of H-pyrrole nitrogens is 1. The number of nitrogens with one attached hydrogen (secondary N) is 1. The third kappa shape index (κ3) is 3.18. The summed E-state index contributed by atoms with van der Waals surface area (Å²) >= 11 is 3.77. The second kappa shape index (κ2) is 7.52. The first-order valence-electron chi connectivity index (χ1n) is 10.2. The van der Waals surface area contributed by atoms with Gasteiger partial charge >= 0.3 is 0 Å². The van der Waals surface area contributed by atoms with Gasteiger partial charge in [-0.05, 0) is 46.3 Å². The van der Waals surface area contributed by atoms with Crippen molar-refractivity contribution in [3.05, 3.63) is 71.0 Å². The van der Waals surface area contributed by atoms with E-state index >= 15 is 0 Å². The van der Waals surface area contributed by atoms with E-state index in [9.17, 15) is 0 Å². The molecule has 0 atom stereocenters. The molecule has 2 aromatic carbocycles. The molecule has 0 fully saturated rings. The molecule has 4 heterocycles. The van der Waals surface area contributed by atoms with Crippen molar-refractivity contribution in [2.75, 3.05) is 11.9 Å². The second-order valence-corrected chi connectivity index (χ2v) is 8.42. The molecule has 0 aliphatic heterocycles. The summed E-state index contributed by atoms with van der Waals surface area (Å²) in [5.41, 5.74) is 5.20. The minimum Gasteiger partial charge on any atom is -0.455 e. The molecular weight excluding hydrogens is 484 g/mol. The zero-order valence-electron chi connectivity index (χ0n) is 17.7. The van der Waals surface area contributed by atoms with Gasteiger partial charge in [0.15, 0.2) is 5.65 Å². The largest absolute Gasteiger partial charge is 0.455 e. The molecule has 162 valence electrons. The van der Waals surface area contributed by atoms with Crippen molar-refractivity contribution in [3.63, 3.8) is 0 Å². The summed E-state index contributed by atoms with van der Waals surface area (Å²) in [6.45, 7) is 1.98. The fourth-order valence-corrected chi connectivity index (χ4v) is 4.58. The molecule has 4 aromatic heterocycles. The lowest BCUT2D eigenvalue weighted by molar-refractivity contribution is 0.630. The topological polar surface area (TPSA) is 101 Å². The van der Waals surface area contributed by atoms with Gasteiger partial charge in [0.2, 0.25) is 5.82 Å². The first-order valence-corrected chi connectivity index (χ1v) is 11.0. The molecular formula is C23H17BrN8O. The second-order valence-electron chi connectivity index (χ2n) is 7.62. The van der Waals surface area contributed by atoms with Gasteiger partial charge in [-0.2, -0.15) is 14.8 Å². The molecule has 0 radical (unpaired) electrons. The Morgan fingerprint density at radius 3 is 2.73 bits per heavy atom. The molecule has 0 amide bonds. The molecule has 10 heteroatoms. The van der Waals surface area contributed by atoms with Gasteiger partial charge in [-0.3, -0.25) is 0 Å². The third-order valence-electron chi connectivity index (χ3n) is 5.57. The Labute approximate surface area is 196 Å². The summed E-state index contributed by atoms with van der Waals surface area (Å²) in [6, 6.07) is 17.8. The Morgan fingerprint density at radius 2 is 1.91 bits per heavy atom. The van der Waals surface area contributed by atoms with Crippen molar-refractivity contribution in [3.8, 4) is 22.7 Å². The van der Waals surface area contributed by atoms with Gasteiger partial charge in [-0.1, -0.05) is 24.3 Å². The molecule has 0 bridgehead atoms. The van der Waals surface area contributed by atoms with E-state index in [4.69, 9.17) is 4.42 Å². The molecule has 0 spiro atoms. The Balaban J connectivity index is 1.47. The van der Waals surface area contributed by atoms with Crippen molar-refractivity contribution in [2.45, 2.75) is 6.92 Å². The van der Waals surface area contributed by atoms with Crippen molar-refractivity contribution in [1.29, 1.82) is 0 Å². The Hall–Kier alpha value is -4.05. The van der Waals surface area contributed by atoms with Crippen LogP contribution >= 0.6 is 15.9 Å².